The summed E-state index contributed by atoms with van der Waals surface area (Å²) in [5.74, 6) is 1.65. The molecule has 0 unspecified atom stereocenters. The van der Waals surface area contributed by atoms with Gasteiger partial charge in [-0.15, -0.1) is 0 Å². The lowest BCUT2D eigenvalue weighted by Crippen LogP contribution is -2.36. The lowest BCUT2D eigenvalue weighted by Gasteiger charge is -2.36. The molecular weight excluding hydrogens is 304 g/mol. The van der Waals surface area contributed by atoms with Crippen molar-refractivity contribution in [3.05, 3.63) is 28.2 Å². The molecule has 1 aromatic carbocycles. The largest absolute Gasteiger partial charge is 0.496 e. The van der Waals surface area contributed by atoms with E-state index in [9.17, 15) is 5.11 Å². The van der Waals surface area contributed by atoms with Crippen LogP contribution >= 0.6 is 15.9 Å². The maximum absolute atomic E-state index is 10.7. The summed E-state index contributed by atoms with van der Waals surface area (Å²) >= 11 is 3.50. The van der Waals surface area contributed by atoms with Crippen molar-refractivity contribution in [3.8, 4) is 5.75 Å². The number of methoxy groups -OCH3 is 1. The fourth-order valence-corrected chi connectivity index (χ4v) is 3.59. The molecule has 3 heteroatoms. The lowest BCUT2D eigenvalue weighted by atomic mass is 9.75. The Labute approximate surface area is 124 Å². The highest BCUT2D eigenvalue weighted by Gasteiger charge is 2.32. The Morgan fingerprint density at radius 2 is 2.05 bits per heavy atom. The molecule has 106 valence electrons. The van der Waals surface area contributed by atoms with Gasteiger partial charge in [0.25, 0.3) is 0 Å². The van der Waals surface area contributed by atoms with Crippen LogP contribution in [0.4, 0.5) is 0 Å². The van der Waals surface area contributed by atoms with Crippen LogP contribution in [0.5, 0.6) is 5.75 Å². The second kappa shape index (κ2) is 6.27. The number of hydrogen-bond donors (Lipinski definition) is 1. The summed E-state index contributed by atoms with van der Waals surface area (Å²) in [5, 5.41) is 10.7. The maximum Gasteiger partial charge on any atom is 0.133 e. The number of rotatable bonds is 4. The minimum absolute atomic E-state index is 0.514. The fourth-order valence-electron chi connectivity index (χ4n) is 3.00. The molecule has 0 saturated heterocycles. The smallest absolute Gasteiger partial charge is 0.133 e. The molecule has 0 aliphatic heterocycles. The molecule has 0 heterocycles. The van der Waals surface area contributed by atoms with Gasteiger partial charge in [-0.1, -0.05) is 19.4 Å². The maximum atomic E-state index is 10.7. The Morgan fingerprint density at radius 3 is 2.58 bits per heavy atom. The van der Waals surface area contributed by atoms with Crippen molar-refractivity contribution in [2.24, 2.45) is 5.92 Å². The van der Waals surface area contributed by atoms with Crippen LogP contribution in [0.25, 0.3) is 0 Å². The summed E-state index contributed by atoms with van der Waals surface area (Å²) in [6.45, 7) is 2.25. The third-order valence-electron chi connectivity index (χ3n) is 4.36. The van der Waals surface area contributed by atoms with Crippen LogP contribution in [0.2, 0.25) is 0 Å². The van der Waals surface area contributed by atoms with Gasteiger partial charge in [-0.3, -0.25) is 0 Å². The van der Waals surface area contributed by atoms with Crippen LogP contribution in [-0.2, 0) is 6.42 Å². The highest BCUT2D eigenvalue weighted by molar-refractivity contribution is 9.10. The number of hydrogen-bond acceptors (Lipinski definition) is 2. The van der Waals surface area contributed by atoms with Gasteiger partial charge in [0.05, 0.1) is 17.2 Å². The van der Waals surface area contributed by atoms with E-state index in [0.29, 0.717) is 0 Å². The molecule has 1 fully saturated rings. The van der Waals surface area contributed by atoms with Gasteiger partial charge >= 0.3 is 0 Å². The number of aliphatic hydroxyl groups is 1. The standard InChI is InChI=1S/C16H23BrO2/c1-3-12-6-8-16(18,9-7-12)11-13-4-5-15(19-2)14(17)10-13/h4-5,10,12,18H,3,6-9,11H2,1-2H3. The highest BCUT2D eigenvalue weighted by atomic mass is 79.9. The molecule has 1 N–H and O–H groups in total. The average molecular weight is 327 g/mol. The Bertz CT molecular complexity index is 423. The van der Waals surface area contributed by atoms with E-state index in [2.05, 4.69) is 28.9 Å². The second-order valence-corrected chi connectivity index (χ2v) is 6.58. The Hall–Kier alpha value is -0.540. The molecule has 0 aromatic heterocycles. The molecule has 1 aliphatic carbocycles. The minimum Gasteiger partial charge on any atom is -0.496 e. The van der Waals surface area contributed by atoms with Crippen LogP contribution in [0.15, 0.2) is 22.7 Å². The lowest BCUT2D eigenvalue weighted by molar-refractivity contribution is -0.00923. The van der Waals surface area contributed by atoms with Crippen molar-refractivity contribution in [1.82, 2.24) is 0 Å². The van der Waals surface area contributed by atoms with Crippen LogP contribution in [-0.4, -0.2) is 17.8 Å². The van der Waals surface area contributed by atoms with E-state index in [4.69, 9.17) is 4.74 Å². The zero-order valence-corrected chi connectivity index (χ0v) is 13.4. The van der Waals surface area contributed by atoms with E-state index in [-0.39, 0.29) is 0 Å². The van der Waals surface area contributed by atoms with E-state index in [0.717, 1.165) is 48.2 Å². The summed E-state index contributed by atoms with van der Waals surface area (Å²) < 4.78 is 6.19. The first-order chi connectivity index (χ1) is 9.06. The average Bonchev–Trinajstić information content (AvgIpc) is 2.39. The van der Waals surface area contributed by atoms with Gasteiger partial charge < -0.3 is 9.84 Å². The van der Waals surface area contributed by atoms with Gasteiger partial charge in [0.2, 0.25) is 0 Å². The predicted molar refractivity (Wildman–Crippen MR) is 81.6 cm³/mol. The van der Waals surface area contributed by atoms with E-state index in [1.54, 1.807) is 7.11 Å². The quantitative estimate of drug-likeness (QED) is 0.892. The zero-order chi connectivity index (χ0) is 13.9. The molecule has 1 saturated carbocycles. The molecule has 0 amide bonds. The molecule has 1 aliphatic rings. The monoisotopic (exact) mass is 326 g/mol. The van der Waals surface area contributed by atoms with Gasteiger partial charge in [0.15, 0.2) is 0 Å². The first kappa shape index (κ1) is 14.9. The summed E-state index contributed by atoms with van der Waals surface area (Å²) in [6.07, 6.45) is 6.15. The van der Waals surface area contributed by atoms with E-state index >= 15 is 0 Å². The predicted octanol–water partition coefficient (Wildman–Crippen LogP) is 4.33. The van der Waals surface area contributed by atoms with Gasteiger partial charge in [-0.2, -0.15) is 0 Å². The normalized spacial score (nSPS) is 27.3. The summed E-state index contributed by atoms with van der Waals surface area (Å²) in [7, 11) is 1.67. The summed E-state index contributed by atoms with van der Waals surface area (Å²) in [4.78, 5) is 0. The third kappa shape index (κ3) is 3.73. The molecule has 0 spiro atoms. The number of benzene rings is 1. The van der Waals surface area contributed by atoms with Crippen LogP contribution in [0.1, 0.15) is 44.6 Å². The third-order valence-corrected chi connectivity index (χ3v) is 4.98. The van der Waals surface area contributed by atoms with Gasteiger partial charge in [0.1, 0.15) is 5.75 Å². The summed E-state index contributed by atoms with van der Waals surface area (Å²) in [6, 6.07) is 6.07. The first-order valence-corrected chi connectivity index (χ1v) is 7.90. The van der Waals surface area contributed by atoms with E-state index < -0.39 is 5.60 Å². The Morgan fingerprint density at radius 1 is 1.37 bits per heavy atom. The SMILES string of the molecule is CCC1CCC(O)(Cc2ccc(OC)c(Br)c2)CC1. The molecule has 2 nitrogen and oxygen atoms in total. The van der Waals surface area contributed by atoms with Crippen molar-refractivity contribution >= 4 is 15.9 Å². The van der Waals surface area contributed by atoms with Gasteiger partial charge in [-0.25, -0.2) is 0 Å². The molecular formula is C16H23BrO2. The Kier molecular flexibility index (Phi) is 4.91. The van der Waals surface area contributed by atoms with E-state index in [1.807, 2.05) is 12.1 Å². The minimum atomic E-state index is -0.514. The molecule has 1 aromatic rings. The molecule has 0 bridgehead atoms. The molecule has 19 heavy (non-hydrogen) atoms. The van der Waals surface area contributed by atoms with Crippen LogP contribution < -0.4 is 4.74 Å². The molecule has 0 radical (unpaired) electrons. The summed E-state index contributed by atoms with van der Waals surface area (Å²) in [5.41, 5.74) is 0.657. The van der Waals surface area contributed by atoms with Crippen molar-refractivity contribution < 1.29 is 9.84 Å². The van der Waals surface area contributed by atoms with Crippen molar-refractivity contribution in [2.45, 2.75) is 51.0 Å². The molecule has 0 atom stereocenters. The highest BCUT2D eigenvalue weighted by Crippen LogP contribution is 2.36. The van der Waals surface area contributed by atoms with Crippen molar-refractivity contribution in [3.63, 3.8) is 0 Å². The Balaban J connectivity index is 2.02. The topological polar surface area (TPSA) is 29.5 Å². The second-order valence-electron chi connectivity index (χ2n) is 5.72. The van der Waals surface area contributed by atoms with Crippen molar-refractivity contribution in [2.75, 3.05) is 7.11 Å². The van der Waals surface area contributed by atoms with E-state index in [1.165, 1.54) is 12.0 Å². The zero-order valence-electron chi connectivity index (χ0n) is 11.8. The number of halogens is 1. The van der Waals surface area contributed by atoms with Gasteiger partial charge in [0, 0.05) is 6.42 Å². The van der Waals surface area contributed by atoms with Crippen LogP contribution in [0.3, 0.4) is 0 Å². The molecule has 2 rings (SSSR count). The first-order valence-electron chi connectivity index (χ1n) is 7.11. The van der Waals surface area contributed by atoms with Crippen LogP contribution in [0, 0.1) is 5.92 Å². The van der Waals surface area contributed by atoms with Gasteiger partial charge in [-0.05, 0) is 65.2 Å². The number of ether oxygens (including phenoxy) is 1. The van der Waals surface area contributed by atoms with Crippen molar-refractivity contribution in [1.29, 1.82) is 0 Å². The fraction of sp³-hybridized carbons (Fsp3) is 0.625.